The molecule has 0 N–H and O–H groups in total. The Bertz CT molecular complexity index is 984. The molecule has 1 saturated heterocycles. The molecule has 5 atom stereocenters. The van der Waals surface area contributed by atoms with Gasteiger partial charge in [-0.3, -0.25) is 19.2 Å². The summed E-state index contributed by atoms with van der Waals surface area (Å²) in [6.07, 6.45) is -2.70. The van der Waals surface area contributed by atoms with Crippen LogP contribution in [0.15, 0.2) is 22.9 Å². The minimum Gasteiger partial charge on any atom is -0.456 e. The second-order valence-corrected chi connectivity index (χ2v) is 9.08. The Morgan fingerprint density at radius 2 is 1.42 bits per heavy atom. The fourth-order valence-electron chi connectivity index (χ4n) is 4.55. The number of rotatable bonds is 8. The molecule has 0 aromatic rings. The van der Waals surface area contributed by atoms with Gasteiger partial charge in [-0.25, -0.2) is 0 Å². The second-order valence-electron chi connectivity index (χ2n) is 9.08. The summed E-state index contributed by atoms with van der Waals surface area (Å²) < 4.78 is 33.9. The van der Waals surface area contributed by atoms with E-state index < -0.39 is 54.4 Å². The van der Waals surface area contributed by atoms with Crippen molar-refractivity contribution in [3.8, 4) is 0 Å². The van der Waals surface area contributed by atoms with Crippen molar-refractivity contribution >= 4 is 29.5 Å². The zero-order valence-corrected chi connectivity index (χ0v) is 21.1. The lowest BCUT2D eigenvalue weighted by atomic mass is 9.94. The summed E-state index contributed by atoms with van der Waals surface area (Å²) in [6, 6.07) is 0. The highest BCUT2D eigenvalue weighted by Gasteiger charge is 2.53. The van der Waals surface area contributed by atoms with E-state index in [1.54, 1.807) is 6.92 Å². The topological polar surface area (TPSA) is 141 Å². The highest BCUT2D eigenvalue weighted by atomic mass is 16.7. The first-order valence-electron chi connectivity index (χ1n) is 12.0. The van der Waals surface area contributed by atoms with E-state index in [2.05, 4.69) is 0 Å². The van der Waals surface area contributed by atoms with Crippen LogP contribution >= 0.6 is 0 Å². The third-order valence-electron chi connectivity index (χ3n) is 6.03. The Balaban J connectivity index is 1.97. The second kappa shape index (κ2) is 11.7. The number of ether oxygens (including phenoxy) is 6. The van der Waals surface area contributed by atoms with E-state index in [9.17, 15) is 24.0 Å². The summed E-state index contributed by atoms with van der Waals surface area (Å²) in [7, 11) is 0. The van der Waals surface area contributed by atoms with Crippen LogP contribution in [0.5, 0.6) is 0 Å². The molecule has 11 heteroatoms. The lowest BCUT2D eigenvalue weighted by Gasteiger charge is -2.44. The molecule has 0 radical (unpaired) electrons. The SMILES string of the molecule is CC(=O)CC[C@H]1O[C@@H](OC2=C(C)OC(=C3CCCC3)C2=O)[C@H](OC(C)=O)[C@@H](OC(C)=O)[C@@H]1OC(C)=O. The molecule has 11 nitrogen and oxygen atoms in total. The van der Waals surface area contributed by atoms with Crippen molar-refractivity contribution in [1.29, 1.82) is 0 Å². The molecule has 0 unspecified atom stereocenters. The first kappa shape index (κ1) is 27.4. The highest BCUT2D eigenvalue weighted by Crippen LogP contribution is 2.38. The van der Waals surface area contributed by atoms with Gasteiger partial charge in [-0.1, -0.05) is 0 Å². The van der Waals surface area contributed by atoms with Gasteiger partial charge in [0.05, 0.1) is 0 Å². The fraction of sp³-hybridized carbons (Fsp3) is 0.640. The highest BCUT2D eigenvalue weighted by molar-refractivity contribution is 6.08. The first-order valence-corrected chi connectivity index (χ1v) is 12.0. The minimum absolute atomic E-state index is 0.0696. The molecule has 3 aliphatic rings. The van der Waals surface area contributed by atoms with Crippen molar-refractivity contribution in [2.24, 2.45) is 0 Å². The molecule has 1 aliphatic carbocycles. The number of Topliss-reactive ketones (excluding diaryl/α,β-unsaturated/α-hetero) is 2. The number of esters is 3. The van der Waals surface area contributed by atoms with E-state index in [0.29, 0.717) is 0 Å². The Morgan fingerprint density at radius 3 is 1.97 bits per heavy atom. The van der Waals surface area contributed by atoms with Crippen molar-refractivity contribution in [1.82, 2.24) is 0 Å². The molecular formula is C25H32O11. The Hall–Kier alpha value is -3.21. The number of allylic oxidation sites excluding steroid dienone is 2. The van der Waals surface area contributed by atoms with Crippen molar-refractivity contribution in [2.75, 3.05) is 0 Å². The number of carbonyl (C=O) groups is 5. The molecular weight excluding hydrogens is 476 g/mol. The molecule has 2 aliphatic heterocycles. The van der Waals surface area contributed by atoms with Crippen molar-refractivity contribution in [3.05, 3.63) is 22.9 Å². The van der Waals surface area contributed by atoms with Gasteiger partial charge in [-0.15, -0.1) is 0 Å². The monoisotopic (exact) mass is 508 g/mol. The molecule has 198 valence electrons. The number of hydrogen-bond acceptors (Lipinski definition) is 11. The van der Waals surface area contributed by atoms with Gasteiger partial charge >= 0.3 is 17.9 Å². The van der Waals surface area contributed by atoms with Crippen LogP contribution in [0.25, 0.3) is 0 Å². The van der Waals surface area contributed by atoms with Crippen LogP contribution in [0.4, 0.5) is 0 Å². The summed E-state index contributed by atoms with van der Waals surface area (Å²) in [6.45, 7) is 6.41. The van der Waals surface area contributed by atoms with Gasteiger partial charge in [0.25, 0.3) is 5.78 Å². The Morgan fingerprint density at radius 1 is 0.861 bits per heavy atom. The molecule has 0 aromatic carbocycles. The largest absolute Gasteiger partial charge is 0.456 e. The average molecular weight is 509 g/mol. The van der Waals surface area contributed by atoms with E-state index in [1.807, 2.05) is 0 Å². The number of ketones is 2. The summed E-state index contributed by atoms with van der Waals surface area (Å²) >= 11 is 0. The normalized spacial score (nSPS) is 28.0. The van der Waals surface area contributed by atoms with Crippen LogP contribution in [0.2, 0.25) is 0 Å². The zero-order valence-electron chi connectivity index (χ0n) is 21.1. The third-order valence-corrected chi connectivity index (χ3v) is 6.03. The molecule has 0 bridgehead atoms. The number of hydrogen-bond donors (Lipinski definition) is 0. The van der Waals surface area contributed by atoms with Gasteiger partial charge in [-0.2, -0.15) is 0 Å². The van der Waals surface area contributed by atoms with Crippen molar-refractivity contribution < 1.29 is 52.4 Å². The van der Waals surface area contributed by atoms with Crippen LogP contribution in [0, 0.1) is 0 Å². The fourth-order valence-corrected chi connectivity index (χ4v) is 4.55. The van der Waals surface area contributed by atoms with E-state index in [4.69, 9.17) is 28.4 Å². The van der Waals surface area contributed by atoms with Gasteiger partial charge in [0.15, 0.2) is 18.0 Å². The summed E-state index contributed by atoms with van der Waals surface area (Å²) in [5.41, 5.74) is 0.908. The smallest absolute Gasteiger partial charge is 0.303 e. The van der Waals surface area contributed by atoms with Crippen LogP contribution < -0.4 is 0 Å². The van der Waals surface area contributed by atoms with Crippen LogP contribution in [0.3, 0.4) is 0 Å². The van der Waals surface area contributed by atoms with Crippen LogP contribution in [-0.4, -0.2) is 60.2 Å². The van der Waals surface area contributed by atoms with Gasteiger partial charge < -0.3 is 33.2 Å². The molecule has 0 spiro atoms. The van der Waals surface area contributed by atoms with Gasteiger partial charge in [0, 0.05) is 27.2 Å². The molecule has 2 heterocycles. The molecule has 1 saturated carbocycles. The molecule has 2 fully saturated rings. The number of carbonyl (C=O) groups excluding carboxylic acids is 5. The molecule has 0 amide bonds. The van der Waals surface area contributed by atoms with E-state index in [-0.39, 0.29) is 35.9 Å². The molecule has 0 aromatic heterocycles. The lowest BCUT2D eigenvalue weighted by Crippen LogP contribution is -2.62. The van der Waals surface area contributed by atoms with Crippen molar-refractivity contribution in [3.63, 3.8) is 0 Å². The van der Waals surface area contributed by atoms with Gasteiger partial charge in [-0.05, 0) is 51.5 Å². The Labute approximate surface area is 209 Å². The zero-order chi connectivity index (χ0) is 26.6. The maximum Gasteiger partial charge on any atom is 0.303 e. The van der Waals surface area contributed by atoms with Gasteiger partial charge in [0.2, 0.25) is 18.2 Å². The molecule has 36 heavy (non-hydrogen) atoms. The summed E-state index contributed by atoms with van der Waals surface area (Å²) in [5, 5.41) is 0. The molecule has 3 rings (SSSR count). The average Bonchev–Trinajstić information content (AvgIpc) is 3.39. The maximum atomic E-state index is 13.1. The predicted octanol–water partition coefficient (Wildman–Crippen LogP) is 2.55. The van der Waals surface area contributed by atoms with Crippen LogP contribution in [0.1, 0.15) is 73.1 Å². The van der Waals surface area contributed by atoms with E-state index in [0.717, 1.165) is 52.0 Å². The quantitative estimate of drug-likeness (QED) is 0.271. The van der Waals surface area contributed by atoms with Crippen LogP contribution in [-0.2, 0) is 52.4 Å². The van der Waals surface area contributed by atoms with E-state index >= 15 is 0 Å². The minimum atomic E-state index is -1.42. The summed E-state index contributed by atoms with van der Waals surface area (Å²) in [5.74, 6) is -2.45. The van der Waals surface area contributed by atoms with Gasteiger partial charge in [0.1, 0.15) is 17.6 Å². The maximum absolute atomic E-state index is 13.1. The van der Waals surface area contributed by atoms with Crippen molar-refractivity contribution in [2.45, 2.75) is 104 Å². The first-order chi connectivity index (χ1) is 17.0. The lowest BCUT2D eigenvalue weighted by molar-refractivity contribution is -0.295. The Kier molecular flexibility index (Phi) is 8.89. The third kappa shape index (κ3) is 6.51. The van der Waals surface area contributed by atoms with E-state index in [1.165, 1.54) is 6.92 Å². The summed E-state index contributed by atoms with van der Waals surface area (Å²) in [4.78, 5) is 60.6. The predicted molar refractivity (Wildman–Crippen MR) is 121 cm³/mol. The standard InChI is InChI=1S/C25H32O11/c1-12(26)10-11-18-22(32-14(3)27)23(33-15(4)28)24(34-16(5)29)25(35-18)36-20-13(2)31-21(19(20)30)17-8-6-7-9-17/h18,22-25H,6-11H2,1-5H3/t18-,22-,23+,24-,25+/m1/s1.